The molecule has 1 amide bonds. The van der Waals surface area contributed by atoms with Crippen molar-refractivity contribution in [1.29, 1.82) is 0 Å². The summed E-state index contributed by atoms with van der Waals surface area (Å²) in [7, 11) is 0. The zero-order valence-corrected chi connectivity index (χ0v) is 15.9. The van der Waals surface area contributed by atoms with E-state index in [-0.39, 0.29) is 18.0 Å². The van der Waals surface area contributed by atoms with Gasteiger partial charge in [0.25, 0.3) is 5.56 Å². The second-order valence-electron chi connectivity index (χ2n) is 5.34. The zero-order chi connectivity index (χ0) is 18.0. The number of amides is 1. The first-order chi connectivity index (χ1) is 11.9. The van der Waals surface area contributed by atoms with Crippen LogP contribution in [-0.2, 0) is 11.3 Å². The topological polar surface area (TPSA) is 76.9 Å². The van der Waals surface area contributed by atoms with E-state index in [0.717, 1.165) is 21.0 Å². The van der Waals surface area contributed by atoms with Gasteiger partial charge in [-0.15, -0.1) is 21.5 Å². The summed E-state index contributed by atoms with van der Waals surface area (Å²) in [5.41, 5.74) is 1.77. The number of hydrogen-bond donors (Lipinski definition) is 1. The Morgan fingerprint density at radius 1 is 1.20 bits per heavy atom. The predicted octanol–water partition coefficient (Wildman–Crippen LogP) is 3.41. The van der Waals surface area contributed by atoms with Crippen molar-refractivity contribution in [3.05, 3.63) is 55.2 Å². The summed E-state index contributed by atoms with van der Waals surface area (Å²) in [4.78, 5) is 25.3. The van der Waals surface area contributed by atoms with Gasteiger partial charge in [-0.25, -0.2) is 0 Å². The minimum absolute atomic E-state index is 0.152. The van der Waals surface area contributed by atoms with Gasteiger partial charge >= 0.3 is 0 Å². The third-order valence-corrected chi connectivity index (χ3v) is 5.54. The van der Waals surface area contributed by atoms with E-state index in [4.69, 9.17) is 12.2 Å². The molecular weight excluding hydrogens is 376 g/mol. The number of nitrogens with one attached hydrogen (secondary N) is 1. The SMILES string of the molecule is Cc1ccc(-c2cc(=O)n(CC(=O)Nc3nnc(C)s3)c(=S)s2)cc1. The van der Waals surface area contributed by atoms with Crippen molar-refractivity contribution in [2.45, 2.75) is 20.4 Å². The molecule has 0 saturated heterocycles. The highest BCUT2D eigenvalue weighted by atomic mass is 32.1. The first kappa shape index (κ1) is 17.6. The van der Waals surface area contributed by atoms with Crippen molar-refractivity contribution in [3.63, 3.8) is 0 Å². The van der Waals surface area contributed by atoms with Crippen LogP contribution in [0.15, 0.2) is 35.1 Å². The van der Waals surface area contributed by atoms with Crippen molar-refractivity contribution in [3.8, 4) is 10.4 Å². The number of hydrogen-bond acceptors (Lipinski definition) is 7. The van der Waals surface area contributed by atoms with E-state index in [1.807, 2.05) is 31.2 Å². The molecule has 0 unspecified atom stereocenters. The lowest BCUT2D eigenvalue weighted by molar-refractivity contribution is -0.116. The molecule has 3 aromatic rings. The molecule has 128 valence electrons. The largest absolute Gasteiger partial charge is 0.299 e. The third-order valence-electron chi connectivity index (χ3n) is 3.35. The van der Waals surface area contributed by atoms with Gasteiger partial charge in [0.05, 0.1) is 0 Å². The highest BCUT2D eigenvalue weighted by Crippen LogP contribution is 2.23. The Hall–Kier alpha value is -2.23. The molecule has 0 aliphatic carbocycles. The molecule has 0 radical (unpaired) electrons. The van der Waals surface area contributed by atoms with Gasteiger partial charge in [-0.1, -0.05) is 41.2 Å². The fourth-order valence-electron chi connectivity index (χ4n) is 2.11. The first-order valence-electron chi connectivity index (χ1n) is 7.34. The highest BCUT2D eigenvalue weighted by Gasteiger charge is 2.11. The van der Waals surface area contributed by atoms with Crippen molar-refractivity contribution in [2.75, 3.05) is 5.32 Å². The minimum atomic E-state index is -0.361. The molecule has 1 N–H and O–H groups in total. The van der Waals surface area contributed by atoms with Gasteiger partial charge in [-0.2, -0.15) is 0 Å². The monoisotopic (exact) mass is 390 g/mol. The number of nitrogens with zero attached hydrogens (tertiary/aromatic N) is 3. The molecule has 0 spiro atoms. The molecule has 0 aliphatic heterocycles. The van der Waals surface area contributed by atoms with Gasteiger partial charge in [0.1, 0.15) is 11.6 Å². The van der Waals surface area contributed by atoms with Gasteiger partial charge in [-0.05, 0) is 31.6 Å². The first-order valence-corrected chi connectivity index (χ1v) is 9.38. The van der Waals surface area contributed by atoms with Crippen LogP contribution in [0.2, 0.25) is 0 Å². The Morgan fingerprint density at radius 3 is 2.52 bits per heavy atom. The number of anilines is 1. The van der Waals surface area contributed by atoms with E-state index < -0.39 is 0 Å². The van der Waals surface area contributed by atoms with Gasteiger partial charge < -0.3 is 0 Å². The van der Waals surface area contributed by atoms with Crippen LogP contribution in [0, 0.1) is 17.8 Å². The second kappa shape index (κ2) is 7.34. The molecule has 2 aromatic heterocycles. The molecule has 3 rings (SSSR count). The van der Waals surface area contributed by atoms with Crippen LogP contribution < -0.4 is 10.9 Å². The quantitative estimate of drug-likeness (QED) is 0.691. The Bertz CT molecular complexity index is 1000. The van der Waals surface area contributed by atoms with Crippen molar-refractivity contribution >= 4 is 45.9 Å². The summed E-state index contributed by atoms with van der Waals surface area (Å²) in [6.07, 6.45) is 0. The van der Waals surface area contributed by atoms with Crippen molar-refractivity contribution < 1.29 is 4.79 Å². The number of carbonyl (C=O) groups excluding carboxylic acids is 1. The fraction of sp³-hybridized carbons (Fsp3) is 0.188. The molecule has 6 nitrogen and oxygen atoms in total. The van der Waals surface area contributed by atoms with Crippen LogP contribution in [0.3, 0.4) is 0 Å². The van der Waals surface area contributed by atoms with Crippen LogP contribution in [-0.4, -0.2) is 20.7 Å². The number of carbonyl (C=O) groups is 1. The number of benzene rings is 1. The van der Waals surface area contributed by atoms with Crippen LogP contribution >= 0.6 is 34.9 Å². The van der Waals surface area contributed by atoms with Crippen molar-refractivity contribution in [1.82, 2.24) is 14.8 Å². The maximum absolute atomic E-state index is 12.4. The molecule has 9 heteroatoms. The summed E-state index contributed by atoms with van der Waals surface area (Å²) in [6.45, 7) is 3.65. The summed E-state index contributed by atoms with van der Waals surface area (Å²) in [5.74, 6) is -0.361. The Morgan fingerprint density at radius 2 is 1.92 bits per heavy atom. The Kier molecular flexibility index (Phi) is 5.16. The zero-order valence-electron chi connectivity index (χ0n) is 13.5. The molecular formula is C16H14N4O2S3. The molecule has 1 aromatic carbocycles. The highest BCUT2D eigenvalue weighted by molar-refractivity contribution is 7.73. The van der Waals surface area contributed by atoms with E-state index in [1.165, 1.54) is 33.3 Å². The van der Waals surface area contributed by atoms with Gasteiger partial charge in [-0.3, -0.25) is 19.5 Å². The normalized spacial score (nSPS) is 10.6. The average Bonchev–Trinajstić information content (AvgIpc) is 2.96. The molecule has 0 aliphatic rings. The molecule has 25 heavy (non-hydrogen) atoms. The summed E-state index contributed by atoms with van der Waals surface area (Å²) < 4.78 is 1.63. The van der Waals surface area contributed by atoms with E-state index in [2.05, 4.69) is 15.5 Å². The average molecular weight is 391 g/mol. The van der Waals surface area contributed by atoms with Gasteiger partial charge in [0, 0.05) is 10.9 Å². The van der Waals surface area contributed by atoms with E-state index in [1.54, 1.807) is 6.92 Å². The number of aromatic nitrogens is 3. The molecule has 2 heterocycles. The summed E-state index contributed by atoms with van der Waals surface area (Å²) in [5, 5.41) is 11.4. The summed E-state index contributed by atoms with van der Waals surface area (Å²) in [6, 6.07) is 9.37. The third kappa shape index (κ3) is 4.25. The second-order valence-corrected chi connectivity index (χ2v) is 8.20. The van der Waals surface area contributed by atoms with E-state index in [9.17, 15) is 9.59 Å². The van der Waals surface area contributed by atoms with Gasteiger partial charge in [0.15, 0.2) is 3.95 Å². The lowest BCUT2D eigenvalue weighted by Gasteiger charge is -2.07. The van der Waals surface area contributed by atoms with Crippen LogP contribution in [0.4, 0.5) is 5.13 Å². The van der Waals surface area contributed by atoms with E-state index >= 15 is 0 Å². The lowest BCUT2D eigenvalue weighted by atomic mass is 10.1. The standard InChI is InChI=1S/C16H14N4O2S3/c1-9-3-5-11(6-4-9)12-7-14(22)20(16(23)25-12)8-13(21)17-15-19-18-10(2)24-15/h3-7H,8H2,1-2H3,(H,17,19,21). The Labute approximate surface area is 156 Å². The van der Waals surface area contributed by atoms with E-state index in [0.29, 0.717) is 9.09 Å². The predicted molar refractivity (Wildman–Crippen MR) is 103 cm³/mol. The van der Waals surface area contributed by atoms with Gasteiger partial charge in [0.2, 0.25) is 11.0 Å². The van der Waals surface area contributed by atoms with Crippen molar-refractivity contribution in [2.24, 2.45) is 0 Å². The van der Waals surface area contributed by atoms with Crippen LogP contribution in [0.5, 0.6) is 0 Å². The number of aryl methyl sites for hydroxylation is 2. The van der Waals surface area contributed by atoms with Crippen LogP contribution in [0.1, 0.15) is 10.6 Å². The minimum Gasteiger partial charge on any atom is -0.299 e. The summed E-state index contributed by atoms with van der Waals surface area (Å²) >= 11 is 7.89. The molecule has 0 fully saturated rings. The number of rotatable bonds is 4. The Balaban J connectivity index is 1.83. The molecule has 0 atom stereocenters. The lowest BCUT2D eigenvalue weighted by Crippen LogP contribution is -2.27. The molecule has 0 bridgehead atoms. The van der Waals surface area contributed by atoms with Crippen LogP contribution in [0.25, 0.3) is 10.4 Å². The fourth-order valence-corrected chi connectivity index (χ4v) is 4.01. The molecule has 0 saturated carbocycles. The smallest absolute Gasteiger partial charge is 0.254 e. The maximum Gasteiger partial charge on any atom is 0.254 e. The maximum atomic E-state index is 12.4.